The number of carbonyl (C=O) groups is 1. The van der Waals surface area contributed by atoms with E-state index < -0.39 is 5.97 Å². The van der Waals surface area contributed by atoms with Gasteiger partial charge in [0.25, 0.3) is 5.76 Å². The van der Waals surface area contributed by atoms with Gasteiger partial charge in [0.2, 0.25) is 0 Å². The summed E-state index contributed by atoms with van der Waals surface area (Å²) >= 11 is 0. The van der Waals surface area contributed by atoms with Crippen molar-refractivity contribution < 1.29 is 23.8 Å². The van der Waals surface area contributed by atoms with Crippen LogP contribution in [0, 0.1) is 0 Å². The monoisotopic (exact) mass is 334 g/mol. The number of benzene rings is 1. The fourth-order valence-electron chi connectivity index (χ4n) is 2.75. The van der Waals surface area contributed by atoms with Gasteiger partial charge in [0.05, 0.1) is 19.1 Å². The van der Waals surface area contributed by atoms with Gasteiger partial charge in [0, 0.05) is 0 Å². The zero-order valence-electron chi connectivity index (χ0n) is 14.5. The van der Waals surface area contributed by atoms with E-state index in [2.05, 4.69) is 6.92 Å². The maximum absolute atomic E-state index is 11.4. The Morgan fingerprint density at radius 1 is 1.12 bits per heavy atom. The Bertz CT molecular complexity index is 659. The summed E-state index contributed by atoms with van der Waals surface area (Å²) in [6.07, 6.45) is 8.26. The summed E-state index contributed by atoms with van der Waals surface area (Å²) in [6, 6.07) is 5.31. The topological polar surface area (TPSA) is 68.9 Å². The third kappa shape index (κ3) is 4.43. The highest BCUT2D eigenvalue weighted by Gasteiger charge is 2.23. The lowest BCUT2D eigenvalue weighted by Crippen LogP contribution is -2.02. The summed E-state index contributed by atoms with van der Waals surface area (Å²) in [5, 5.41) is 9.97. The maximum atomic E-state index is 11.4. The number of para-hydroxylation sites is 1. The van der Waals surface area contributed by atoms with Gasteiger partial charge < -0.3 is 19.0 Å². The van der Waals surface area contributed by atoms with Gasteiger partial charge in [-0.3, -0.25) is 0 Å². The minimum absolute atomic E-state index is 0.169. The summed E-state index contributed by atoms with van der Waals surface area (Å²) in [6.45, 7) is 2.69. The number of carboxylic acids is 1. The minimum Gasteiger partial charge on any atom is -0.493 e. The number of carboxylic acid groups (broad SMARTS) is 1. The first kappa shape index (κ1) is 18.2. The molecule has 2 aromatic rings. The summed E-state index contributed by atoms with van der Waals surface area (Å²) in [5.74, 6) is -0.511. The predicted octanol–water partition coefficient (Wildman–Crippen LogP) is 5.27. The van der Waals surface area contributed by atoms with Crippen LogP contribution in [0.5, 0.6) is 11.5 Å². The molecule has 0 aliphatic carbocycles. The summed E-state index contributed by atoms with van der Waals surface area (Å²) < 4.78 is 16.4. The number of fused-ring (bicyclic) bond motifs is 1. The molecule has 1 aromatic carbocycles. The highest BCUT2D eigenvalue weighted by molar-refractivity contribution is 5.99. The summed E-state index contributed by atoms with van der Waals surface area (Å²) in [4.78, 5) is 11.4. The van der Waals surface area contributed by atoms with E-state index in [1.54, 1.807) is 18.2 Å². The van der Waals surface area contributed by atoms with Crippen LogP contribution in [0.25, 0.3) is 11.0 Å². The smallest absolute Gasteiger partial charge is 0.375 e. The number of hydrogen-bond donors (Lipinski definition) is 1. The van der Waals surface area contributed by atoms with Crippen LogP contribution < -0.4 is 9.47 Å². The van der Waals surface area contributed by atoms with Gasteiger partial charge in [0.15, 0.2) is 17.1 Å². The van der Waals surface area contributed by atoms with Crippen molar-refractivity contribution in [1.82, 2.24) is 0 Å². The molecule has 1 aromatic heterocycles. The average molecular weight is 334 g/mol. The molecule has 0 radical (unpaired) electrons. The molecule has 1 N–H and O–H groups in total. The van der Waals surface area contributed by atoms with Crippen molar-refractivity contribution >= 4 is 16.9 Å². The van der Waals surface area contributed by atoms with E-state index in [0.29, 0.717) is 29.1 Å². The molecule has 0 aliphatic heterocycles. The molecule has 132 valence electrons. The SMILES string of the molecule is CCCCCCCCCOc1c(C(=O)O)oc2c(OC)cccc12. The second-order valence-corrected chi connectivity index (χ2v) is 5.87. The van der Waals surface area contributed by atoms with Gasteiger partial charge in [-0.15, -0.1) is 0 Å². The van der Waals surface area contributed by atoms with Gasteiger partial charge in [0.1, 0.15) is 0 Å². The molecule has 0 unspecified atom stereocenters. The third-order valence-electron chi connectivity index (χ3n) is 4.04. The van der Waals surface area contributed by atoms with E-state index in [9.17, 15) is 9.90 Å². The fraction of sp³-hybridized carbons (Fsp3) is 0.526. The predicted molar refractivity (Wildman–Crippen MR) is 93.2 cm³/mol. The Morgan fingerprint density at radius 2 is 1.83 bits per heavy atom. The lowest BCUT2D eigenvalue weighted by molar-refractivity contribution is 0.0658. The van der Waals surface area contributed by atoms with Crippen LogP contribution in [0.15, 0.2) is 22.6 Å². The lowest BCUT2D eigenvalue weighted by atomic mass is 10.1. The molecule has 0 fully saturated rings. The average Bonchev–Trinajstić information content (AvgIpc) is 2.96. The number of rotatable bonds is 11. The van der Waals surface area contributed by atoms with Crippen molar-refractivity contribution in [2.24, 2.45) is 0 Å². The molecule has 5 nitrogen and oxygen atoms in total. The van der Waals surface area contributed by atoms with Crippen LogP contribution in [-0.4, -0.2) is 24.8 Å². The van der Waals surface area contributed by atoms with Gasteiger partial charge in [-0.25, -0.2) is 4.79 Å². The van der Waals surface area contributed by atoms with Gasteiger partial charge in [-0.1, -0.05) is 51.5 Å². The maximum Gasteiger partial charge on any atom is 0.375 e. The number of hydrogen-bond acceptors (Lipinski definition) is 4. The molecule has 0 amide bonds. The van der Waals surface area contributed by atoms with Crippen molar-refractivity contribution in [3.05, 3.63) is 24.0 Å². The summed E-state index contributed by atoms with van der Waals surface area (Å²) in [5.41, 5.74) is 0.409. The number of aromatic carboxylic acids is 1. The van der Waals surface area contributed by atoms with E-state index in [4.69, 9.17) is 13.9 Å². The Morgan fingerprint density at radius 3 is 2.50 bits per heavy atom. The minimum atomic E-state index is -1.14. The van der Waals surface area contributed by atoms with Crippen LogP contribution in [0.2, 0.25) is 0 Å². The normalized spacial score (nSPS) is 10.9. The molecule has 0 bridgehead atoms. The molecular formula is C19H26O5. The Balaban J connectivity index is 1.98. The Labute approximate surface area is 142 Å². The Hall–Kier alpha value is -2.17. The van der Waals surface area contributed by atoms with Crippen LogP contribution in [0.3, 0.4) is 0 Å². The van der Waals surface area contributed by atoms with E-state index in [-0.39, 0.29) is 5.76 Å². The molecular weight excluding hydrogens is 308 g/mol. The van der Waals surface area contributed by atoms with E-state index in [1.165, 1.54) is 39.2 Å². The van der Waals surface area contributed by atoms with Gasteiger partial charge >= 0.3 is 5.97 Å². The van der Waals surface area contributed by atoms with Crippen LogP contribution in [0.4, 0.5) is 0 Å². The van der Waals surface area contributed by atoms with Gasteiger partial charge in [-0.05, 0) is 18.6 Å². The first-order chi connectivity index (χ1) is 11.7. The number of furan rings is 1. The summed E-state index contributed by atoms with van der Waals surface area (Å²) in [7, 11) is 1.52. The van der Waals surface area contributed by atoms with Crippen LogP contribution >= 0.6 is 0 Å². The number of ether oxygens (including phenoxy) is 2. The van der Waals surface area contributed by atoms with Gasteiger partial charge in [-0.2, -0.15) is 0 Å². The molecule has 2 rings (SSSR count). The zero-order valence-corrected chi connectivity index (χ0v) is 14.5. The molecule has 0 spiro atoms. The molecule has 0 saturated heterocycles. The number of methoxy groups -OCH3 is 1. The first-order valence-corrected chi connectivity index (χ1v) is 8.64. The van der Waals surface area contributed by atoms with Crippen molar-refractivity contribution in [3.8, 4) is 11.5 Å². The van der Waals surface area contributed by atoms with Crippen molar-refractivity contribution in [1.29, 1.82) is 0 Å². The second kappa shape index (κ2) is 9.21. The first-order valence-electron chi connectivity index (χ1n) is 8.64. The molecule has 0 saturated carbocycles. The highest BCUT2D eigenvalue weighted by Crippen LogP contribution is 2.38. The van der Waals surface area contributed by atoms with E-state index in [1.807, 2.05) is 0 Å². The fourth-order valence-corrected chi connectivity index (χ4v) is 2.75. The molecule has 0 aliphatic rings. The molecule has 1 heterocycles. The third-order valence-corrected chi connectivity index (χ3v) is 4.04. The van der Waals surface area contributed by atoms with Crippen molar-refractivity contribution in [3.63, 3.8) is 0 Å². The number of unbranched alkanes of at least 4 members (excludes halogenated alkanes) is 6. The lowest BCUT2D eigenvalue weighted by Gasteiger charge is -2.06. The second-order valence-electron chi connectivity index (χ2n) is 5.87. The quantitative estimate of drug-likeness (QED) is 0.567. The Kier molecular flexibility index (Phi) is 6.97. The standard InChI is InChI=1S/C19H26O5/c1-3-4-5-6-7-8-9-13-23-17-14-11-10-12-15(22-2)16(14)24-18(17)19(20)21/h10-12H,3-9,13H2,1-2H3,(H,20,21). The largest absolute Gasteiger partial charge is 0.493 e. The van der Waals surface area contributed by atoms with Crippen LogP contribution in [-0.2, 0) is 0 Å². The van der Waals surface area contributed by atoms with Crippen LogP contribution in [0.1, 0.15) is 62.4 Å². The molecule has 24 heavy (non-hydrogen) atoms. The molecule has 5 heteroatoms. The van der Waals surface area contributed by atoms with E-state index in [0.717, 1.165) is 12.8 Å². The van der Waals surface area contributed by atoms with E-state index >= 15 is 0 Å². The van der Waals surface area contributed by atoms with Crippen molar-refractivity contribution in [2.75, 3.05) is 13.7 Å². The van der Waals surface area contributed by atoms with Crippen molar-refractivity contribution in [2.45, 2.75) is 51.9 Å². The highest BCUT2D eigenvalue weighted by atomic mass is 16.5. The zero-order chi connectivity index (χ0) is 17.4. The molecule has 0 atom stereocenters.